The minimum absolute atomic E-state index is 0.0141. The number of nitro benzene ring substituents is 1. The van der Waals surface area contributed by atoms with E-state index in [1.807, 2.05) is 25.1 Å². The Bertz CT molecular complexity index is 1120. The van der Waals surface area contributed by atoms with Crippen LogP contribution in [-0.2, 0) is 6.42 Å². The first-order valence-electron chi connectivity index (χ1n) is 11.6. The number of fused-ring (bicyclic) bond motifs is 3. The van der Waals surface area contributed by atoms with Crippen LogP contribution in [0, 0.1) is 28.4 Å². The fourth-order valence-electron chi connectivity index (χ4n) is 4.71. The topological polar surface area (TPSA) is 107 Å². The molecule has 3 saturated heterocycles. The Kier molecular flexibility index (Phi) is 7.54. The number of quaternary nitrogens is 1. The van der Waals surface area contributed by atoms with E-state index in [2.05, 4.69) is 26.5 Å². The lowest BCUT2D eigenvalue weighted by atomic mass is 10.1. The van der Waals surface area contributed by atoms with Crippen LogP contribution in [0.4, 0.5) is 17.1 Å². The zero-order valence-electron chi connectivity index (χ0n) is 19.3. The number of halogens is 1. The monoisotopic (exact) mass is 482 g/mol. The maximum atomic E-state index is 11.0. The first kappa shape index (κ1) is 24.2. The molecule has 0 unspecified atom stereocenters. The molecule has 0 aromatic heterocycles. The number of hydrogen-bond acceptors (Lipinski definition) is 7. The van der Waals surface area contributed by atoms with E-state index in [9.17, 15) is 15.4 Å². The fraction of sp³-hybridized carbons (Fsp3) is 0.458. The van der Waals surface area contributed by atoms with Crippen LogP contribution in [-0.4, -0.2) is 73.2 Å². The molecule has 0 radical (unpaired) electrons. The molecule has 2 bridgehead atoms. The molecule has 9 nitrogen and oxygen atoms in total. The highest BCUT2D eigenvalue weighted by atomic mass is 35.5. The van der Waals surface area contributed by atoms with E-state index in [0.29, 0.717) is 5.69 Å². The molecule has 178 valence electrons. The van der Waals surface area contributed by atoms with Crippen molar-refractivity contribution >= 4 is 28.7 Å². The summed E-state index contributed by atoms with van der Waals surface area (Å²) in [5, 5.41) is 32.3. The summed E-state index contributed by atoms with van der Waals surface area (Å²) >= 11 is 6.12. The number of rotatable bonds is 9. The Hall–Kier alpha value is -2.90. The highest BCUT2D eigenvalue weighted by Gasteiger charge is 2.37. The lowest BCUT2D eigenvalue weighted by Gasteiger charge is -2.50. The van der Waals surface area contributed by atoms with Crippen LogP contribution in [0.1, 0.15) is 16.7 Å². The van der Waals surface area contributed by atoms with Gasteiger partial charge < -0.3 is 9.80 Å². The second-order valence-corrected chi connectivity index (χ2v) is 9.50. The summed E-state index contributed by atoms with van der Waals surface area (Å²) in [5.41, 5.74) is 2.73. The van der Waals surface area contributed by atoms with E-state index >= 15 is 0 Å². The molecule has 2 aromatic carbocycles. The van der Waals surface area contributed by atoms with Crippen molar-refractivity contribution in [1.82, 2.24) is 10.2 Å². The number of nitrogens with one attached hydrogen (secondary N) is 1. The van der Waals surface area contributed by atoms with Crippen LogP contribution in [0.15, 0.2) is 40.6 Å². The predicted molar refractivity (Wildman–Crippen MR) is 131 cm³/mol. The summed E-state index contributed by atoms with van der Waals surface area (Å²) < 4.78 is 1.27. The van der Waals surface area contributed by atoms with Crippen LogP contribution in [0.25, 0.3) is 0 Å². The van der Waals surface area contributed by atoms with Crippen molar-refractivity contribution < 1.29 is 9.41 Å². The number of benzene rings is 2. The number of non-ortho nitro benzene ring substituents is 1. The van der Waals surface area contributed by atoms with Gasteiger partial charge in [0, 0.05) is 38.3 Å². The molecular formula is C24H29ClN7O2+. The van der Waals surface area contributed by atoms with Gasteiger partial charge >= 0.3 is 0 Å². The van der Waals surface area contributed by atoms with Gasteiger partial charge in [-0.05, 0) is 37.1 Å². The van der Waals surface area contributed by atoms with Gasteiger partial charge in [-0.15, -0.1) is 5.11 Å². The number of nitriles is 1. The quantitative estimate of drug-likeness (QED) is 0.190. The molecule has 0 amide bonds. The molecule has 0 saturated carbocycles. The second-order valence-electron chi connectivity index (χ2n) is 9.09. The number of piperazine rings is 3. The van der Waals surface area contributed by atoms with Crippen molar-refractivity contribution in [2.45, 2.75) is 13.3 Å². The van der Waals surface area contributed by atoms with Crippen molar-refractivity contribution in [3.8, 4) is 6.07 Å². The molecule has 34 heavy (non-hydrogen) atoms. The van der Waals surface area contributed by atoms with Crippen molar-refractivity contribution in [2.24, 2.45) is 10.2 Å². The maximum absolute atomic E-state index is 11.0. The highest BCUT2D eigenvalue weighted by Crippen LogP contribution is 2.34. The fourth-order valence-corrected chi connectivity index (χ4v) is 4.96. The van der Waals surface area contributed by atoms with Crippen LogP contribution in [0.3, 0.4) is 0 Å². The number of nitrogens with zero attached hydrogens (tertiary/aromatic N) is 6. The second kappa shape index (κ2) is 10.6. The Labute approximate surface area is 204 Å². The average Bonchev–Trinajstić information content (AvgIpc) is 2.84. The van der Waals surface area contributed by atoms with Crippen LogP contribution < -0.4 is 5.32 Å². The van der Waals surface area contributed by atoms with E-state index in [4.69, 9.17) is 11.6 Å². The maximum Gasteiger partial charge on any atom is 0.272 e. The molecule has 0 spiro atoms. The summed E-state index contributed by atoms with van der Waals surface area (Å²) in [6, 6.07) is 10.2. The number of nitro groups is 1. The normalized spacial score (nSPS) is 21.6. The minimum Gasteiger partial charge on any atom is -0.319 e. The van der Waals surface area contributed by atoms with Crippen LogP contribution >= 0.6 is 11.6 Å². The van der Waals surface area contributed by atoms with E-state index in [1.54, 1.807) is 0 Å². The molecule has 0 aliphatic carbocycles. The molecule has 3 aliphatic rings. The van der Waals surface area contributed by atoms with Crippen molar-refractivity contribution in [2.75, 3.05) is 58.9 Å². The molecule has 0 atom stereocenters. The van der Waals surface area contributed by atoms with Crippen LogP contribution in [0.5, 0.6) is 0 Å². The van der Waals surface area contributed by atoms with Crippen molar-refractivity contribution in [3.05, 3.63) is 62.2 Å². The van der Waals surface area contributed by atoms with Gasteiger partial charge in [0.05, 0.1) is 47.4 Å². The predicted octanol–water partition coefficient (Wildman–Crippen LogP) is 4.12. The standard InChI is InChI=1S/C24H29ClN7O2/c1-18-14-19(4-5-27-6-10-32-11-7-30(8-12-32)9-13-32)2-3-23(18)28-29-24-20(17-26)15-21(31(33)34)16-22(24)25/h2-3,14-16,27H,4-13H2,1H3/q+1. The van der Waals surface area contributed by atoms with Gasteiger partial charge in [-0.1, -0.05) is 23.7 Å². The van der Waals surface area contributed by atoms with Crippen LogP contribution in [0.2, 0.25) is 5.02 Å². The van der Waals surface area contributed by atoms with Gasteiger partial charge in [-0.3, -0.25) is 15.0 Å². The summed E-state index contributed by atoms with van der Waals surface area (Å²) in [6.07, 6.45) is 0.929. The number of hydrogen-bond donors (Lipinski definition) is 1. The average molecular weight is 483 g/mol. The van der Waals surface area contributed by atoms with Gasteiger partial charge in [0.25, 0.3) is 5.69 Å². The van der Waals surface area contributed by atoms with E-state index in [0.717, 1.165) is 31.1 Å². The smallest absolute Gasteiger partial charge is 0.272 e. The zero-order chi connectivity index (χ0) is 24.1. The Morgan fingerprint density at radius 3 is 2.56 bits per heavy atom. The molecule has 1 N–H and O–H groups in total. The Morgan fingerprint density at radius 1 is 1.18 bits per heavy atom. The third kappa shape index (κ3) is 5.59. The molecule has 5 rings (SSSR count). The minimum atomic E-state index is -0.595. The molecule has 10 heteroatoms. The van der Waals surface area contributed by atoms with E-state index in [-0.39, 0.29) is 22.0 Å². The lowest BCUT2D eigenvalue weighted by molar-refractivity contribution is -0.939. The summed E-state index contributed by atoms with van der Waals surface area (Å²) in [4.78, 5) is 13.0. The highest BCUT2D eigenvalue weighted by molar-refractivity contribution is 6.33. The van der Waals surface area contributed by atoms with Gasteiger partial charge in [0.1, 0.15) is 11.8 Å². The molecule has 3 fully saturated rings. The zero-order valence-corrected chi connectivity index (χ0v) is 20.1. The third-order valence-electron chi connectivity index (χ3n) is 6.92. The summed E-state index contributed by atoms with van der Waals surface area (Å²) in [7, 11) is 0. The lowest BCUT2D eigenvalue weighted by Crippen LogP contribution is -2.68. The number of azo groups is 1. The van der Waals surface area contributed by atoms with Gasteiger partial charge in [-0.2, -0.15) is 10.4 Å². The first-order chi connectivity index (χ1) is 16.4. The molecule has 3 heterocycles. The van der Waals surface area contributed by atoms with Gasteiger partial charge in [-0.25, -0.2) is 0 Å². The summed E-state index contributed by atoms with van der Waals surface area (Å²) in [6.45, 7) is 12.8. The first-order valence-corrected chi connectivity index (χ1v) is 11.9. The molecule has 3 aliphatic heterocycles. The van der Waals surface area contributed by atoms with E-state index < -0.39 is 4.92 Å². The molecular weight excluding hydrogens is 454 g/mol. The Morgan fingerprint density at radius 2 is 1.91 bits per heavy atom. The van der Waals surface area contributed by atoms with E-state index in [1.165, 1.54) is 61.9 Å². The van der Waals surface area contributed by atoms with Crippen molar-refractivity contribution in [1.29, 1.82) is 5.26 Å². The molecule has 2 aromatic rings. The van der Waals surface area contributed by atoms with Gasteiger partial charge in [0.2, 0.25) is 0 Å². The SMILES string of the molecule is Cc1cc(CCNCC[N+]23CCN(CC2)CC3)ccc1N=Nc1c(Cl)cc([N+](=O)[O-])cc1C#N. The summed E-state index contributed by atoms with van der Waals surface area (Å²) in [5.74, 6) is 0. The van der Waals surface area contributed by atoms with Gasteiger partial charge in [0.15, 0.2) is 0 Å². The number of aryl methyl sites for hydroxylation is 1. The Balaban J connectivity index is 1.31. The largest absolute Gasteiger partial charge is 0.319 e. The van der Waals surface area contributed by atoms with Crippen molar-refractivity contribution in [3.63, 3.8) is 0 Å². The third-order valence-corrected chi connectivity index (χ3v) is 7.21.